The minimum absolute atomic E-state index is 0.184. The zero-order chi connectivity index (χ0) is 16.2. The van der Waals surface area contributed by atoms with Crippen LogP contribution in [0.2, 0.25) is 0 Å². The Hall–Kier alpha value is -1.09. The van der Waals surface area contributed by atoms with Gasteiger partial charge in [-0.25, -0.2) is 0 Å². The number of aliphatic hydroxyl groups is 1. The van der Waals surface area contributed by atoms with E-state index in [1.807, 2.05) is 6.07 Å². The Morgan fingerprint density at radius 3 is 2.96 bits per heavy atom. The molecule has 2 saturated carbocycles. The Labute approximate surface area is 137 Å². The SMILES string of the molecule is C[C@]12CC[C@@H]3c4ccc(O)cc4C[C@@H](CCF)[C@H]3[C@@H]1C[C@H](O)C2. The number of aromatic hydroxyl groups is 1. The highest BCUT2D eigenvalue weighted by Gasteiger charge is 2.55. The molecule has 1 aromatic rings. The first-order valence-corrected chi connectivity index (χ1v) is 9.07. The fraction of sp³-hybridized carbons (Fsp3) is 0.700. The highest BCUT2D eigenvalue weighted by molar-refractivity contribution is 5.40. The van der Waals surface area contributed by atoms with Crippen molar-refractivity contribution in [2.75, 3.05) is 6.67 Å². The van der Waals surface area contributed by atoms with Gasteiger partial charge in [-0.3, -0.25) is 4.39 Å². The lowest BCUT2D eigenvalue weighted by Gasteiger charge is -2.52. The van der Waals surface area contributed by atoms with Crippen LogP contribution in [0, 0.1) is 23.2 Å². The third-order valence-electron chi connectivity index (χ3n) is 7.11. The number of hydrogen-bond donors (Lipinski definition) is 2. The van der Waals surface area contributed by atoms with Crippen LogP contribution in [0.1, 0.15) is 56.1 Å². The van der Waals surface area contributed by atoms with E-state index in [0.29, 0.717) is 35.8 Å². The van der Waals surface area contributed by atoms with Crippen LogP contribution in [-0.2, 0) is 6.42 Å². The molecule has 0 aromatic heterocycles. The Bertz CT molecular complexity index is 601. The lowest BCUT2D eigenvalue weighted by atomic mass is 9.52. The first kappa shape index (κ1) is 15.4. The molecule has 126 valence electrons. The number of alkyl halides is 1. The summed E-state index contributed by atoms with van der Waals surface area (Å²) in [4.78, 5) is 0. The summed E-state index contributed by atoms with van der Waals surface area (Å²) in [5.41, 5.74) is 2.81. The van der Waals surface area contributed by atoms with Gasteiger partial charge in [-0.15, -0.1) is 0 Å². The molecule has 1 aromatic carbocycles. The molecule has 0 saturated heterocycles. The van der Waals surface area contributed by atoms with Gasteiger partial charge in [0.05, 0.1) is 12.8 Å². The van der Waals surface area contributed by atoms with Gasteiger partial charge in [0.2, 0.25) is 0 Å². The largest absolute Gasteiger partial charge is 0.508 e. The van der Waals surface area contributed by atoms with E-state index in [9.17, 15) is 14.6 Å². The zero-order valence-corrected chi connectivity index (χ0v) is 13.8. The zero-order valence-electron chi connectivity index (χ0n) is 13.8. The molecule has 0 bridgehead atoms. The molecule has 2 fully saturated rings. The number of phenols is 1. The summed E-state index contributed by atoms with van der Waals surface area (Å²) >= 11 is 0. The van der Waals surface area contributed by atoms with Crippen LogP contribution in [0.5, 0.6) is 5.75 Å². The van der Waals surface area contributed by atoms with E-state index < -0.39 is 0 Å². The van der Waals surface area contributed by atoms with Gasteiger partial charge >= 0.3 is 0 Å². The quantitative estimate of drug-likeness (QED) is 0.858. The topological polar surface area (TPSA) is 40.5 Å². The van der Waals surface area contributed by atoms with Crippen LogP contribution >= 0.6 is 0 Å². The number of fused-ring (bicyclic) bond motifs is 5. The Morgan fingerprint density at radius 2 is 2.17 bits per heavy atom. The van der Waals surface area contributed by atoms with Crippen molar-refractivity contribution in [3.05, 3.63) is 29.3 Å². The van der Waals surface area contributed by atoms with Crippen LogP contribution < -0.4 is 0 Å². The van der Waals surface area contributed by atoms with Gasteiger partial charge in [0.1, 0.15) is 5.75 Å². The van der Waals surface area contributed by atoms with Crippen LogP contribution in [0.15, 0.2) is 18.2 Å². The summed E-state index contributed by atoms with van der Waals surface area (Å²) in [6, 6.07) is 5.76. The van der Waals surface area contributed by atoms with Crippen molar-refractivity contribution >= 4 is 0 Å². The summed E-state index contributed by atoms with van der Waals surface area (Å²) in [7, 11) is 0. The van der Waals surface area contributed by atoms with Crippen molar-refractivity contribution in [2.24, 2.45) is 23.2 Å². The summed E-state index contributed by atoms with van der Waals surface area (Å²) in [6.07, 6.45) is 5.37. The van der Waals surface area contributed by atoms with Gasteiger partial charge in [0.15, 0.2) is 0 Å². The number of aliphatic hydroxyl groups excluding tert-OH is 1. The van der Waals surface area contributed by atoms with Gasteiger partial charge in [0, 0.05) is 0 Å². The number of phenolic OH excluding ortho intramolecular Hbond substituents is 1. The average Bonchev–Trinajstić information content (AvgIpc) is 2.81. The second kappa shape index (κ2) is 5.47. The fourth-order valence-electron chi connectivity index (χ4n) is 6.22. The van der Waals surface area contributed by atoms with Crippen LogP contribution in [0.4, 0.5) is 4.39 Å². The Morgan fingerprint density at radius 1 is 1.35 bits per heavy atom. The molecule has 6 atom stereocenters. The minimum Gasteiger partial charge on any atom is -0.508 e. The average molecular weight is 318 g/mol. The lowest BCUT2D eigenvalue weighted by Crippen LogP contribution is -2.44. The molecule has 0 heterocycles. The molecular formula is C20H27FO2. The highest BCUT2D eigenvalue weighted by atomic mass is 19.1. The molecule has 0 aliphatic heterocycles. The molecule has 0 spiro atoms. The van der Waals surface area contributed by atoms with Crippen molar-refractivity contribution in [3.8, 4) is 5.75 Å². The van der Waals surface area contributed by atoms with Gasteiger partial charge < -0.3 is 10.2 Å². The van der Waals surface area contributed by atoms with E-state index in [2.05, 4.69) is 13.0 Å². The van der Waals surface area contributed by atoms with Crippen LogP contribution in [0.3, 0.4) is 0 Å². The fourth-order valence-corrected chi connectivity index (χ4v) is 6.22. The smallest absolute Gasteiger partial charge is 0.115 e. The molecule has 3 heteroatoms. The van der Waals surface area contributed by atoms with Gasteiger partial charge in [-0.05, 0) is 90.9 Å². The first-order valence-electron chi connectivity index (χ1n) is 9.07. The summed E-state index contributed by atoms with van der Waals surface area (Å²) in [5.74, 6) is 2.13. The van der Waals surface area contributed by atoms with E-state index in [0.717, 1.165) is 32.1 Å². The molecule has 3 aliphatic rings. The summed E-state index contributed by atoms with van der Waals surface area (Å²) in [5, 5.41) is 20.1. The Kier molecular flexibility index (Phi) is 3.67. The molecule has 4 rings (SSSR count). The number of benzene rings is 1. The molecule has 0 amide bonds. The lowest BCUT2D eigenvalue weighted by molar-refractivity contribution is 0.0214. The van der Waals surface area contributed by atoms with Crippen molar-refractivity contribution in [3.63, 3.8) is 0 Å². The van der Waals surface area contributed by atoms with Crippen LogP contribution in [-0.4, -0.2) is 23.0 Å². The van der Waals surface area contributed by atoms with E-state index in [4.69, 9.17) is 0 Å². The van der Waals surface area contributed by atoms with Gasteiger partial charge in [0.25, 0.3) is 0 Å². The van der Waals surface area contributed by atoms with Crippen molar-refractivity contribution in [2.45, 2.75) is 57.5 Å². The van der Waals surface area contributed by atoms with E-state index in [-0.39, 0.29) is 18.2 Å². The monoisotopic (exact) mass is 318 g/mol. The van der Waals surface area contributed by atoms with E-state index >= 15 is 0 Å². The number of hydrogen-bond acceptors (Lipinski definition) is 2. The van der Waals surface area contributed by atoms with Gasteiger partial charge in [-0.2, -0.15) is 0 Å². The maximum Gasteiger partial charge on any atom is 0.115 e. The molecule has 3 aliphatic carbocycles. The highest BCUT2D eigenvalue weighted by Crippen LogP contribution is 2.62. The molecule has 2 N–H and O–H groups in total. The predicted molar refractivity (Wildman–Crippen MR) is 88.2 cm³/mol. The molecule has 0 radical (unpaired) electrons. The molecular weight excluding hydrogens is 291 g/mol. The first-order chi connectivity index (χ1) is 11.0. The number of rotatable bonds is 2. The summed E-state index contributed by atoms with van der Waals surface area (Å²) < 4.78 is 13.2. The molecule has 23 heavy (non-hydrogen) atoms. The minimum atomic E-state index is -0.270. The maximum absolute atomic E-state index is 13.2. The molecule has 0 unspecified atom stereocenters. The van der Waals surface area contributed by atoms with E-state index in [1.54, 1.807) is 6.07 Å². The molecule has 2 nitrogen and oxygen atoms in total. The maximum atomic E-state index is 13.2. The van der Waals surface area contributed by atoms with Gasteiger partial charge in [-0.1, -0.05) is 13.0 Å². The standard InChI is InChI=1S/C20H27FO2/c1-20-6-4-17-16-3-2-14(22)9-13(16)8-12(5-7-21)19(17)18(20)10-15(23)11-20/h2-3,9,12,15,17-19,22-23H,4-8,10-11H2,1H3/t12-,15+,17-,18+,19-,20-/m1/s1. The second-order valence-corrected chi connectivity index (χ2v) is 8.40. The number of halogens is 1. The van der Waals surface area contributed by atoms with Crippen molar-refractivity contribution in [1.29, 1.82) is 0 Å². The third-order valence-corrected chi connectivity index (χ3v) is 7.11. The van der Waals surface area contributed by atoms with Crippen molar-refractivity contribution < 1.29 is 14.6 Å². The van der Waals surface area contributed by atoms with E-state index in [1.165, 1.54) is 11.1 Å². The predicted octanol–water partition coefficient (Wildman–Crippen LogP) is 4.19. The van der Waals surface area contributed by atoms with Crippen LogP contribution in [0.25, 0.3) is 0 Å². The summed E-state index contributed by atoms with van der Waals surface area (Å²) in [6.45, 7) is 2.07. The normalized spacial score (nSPS) is 42.0. The second-order valence-electron chi connectivity index (χ2n) is 8.40. The van der Waals surface area contributed by atoms with Crippen molar-refractivity contribution in [1.82, 2.24) is 0 Å². The third kappa shape index (κ3) is 2.39. The Balaban J connectivity index is 1.75.